The van der Waals surface area contributed by atoms with Crippen molar-refractivity contribution in [1.82, 2.24) is 4.57 Å². The van der Waals surface area contributed by atoms with Crippen LogP contribution in [0.25, 0.3) is 0 Å². The molecule has 0 atom stereocenters. The summed E-state index contributed by atoms with van der Waals surface area (Å²) in [5, 5.41) is 0. The molecule has 1 heterocycles. The minimum Gasteiger partial charge on any atom is -1.00 e. The molecule has 0 radical (unpaired) electrons. The number of hydrogen-bond donors (Lipinski definition) is 0. The standard InChI is InChI=1S/C13H15N2O.BrH/c1-11-14(2)8-9-15(11)10-13(16)12-6-4-3-5-7-12;/h3-9H,10H2,1-2H3;1H/q+1;/p-1. The largest absolute Gasteiger partial charge is 1.00 e. The summed E-state index contributed by atoms with van der Waals surface area (Å²) in [6, 6.07) is 9.38. The highest BCUT2D eigenvalue weighted by Gasteiger charge is 2.14. The summed E-state index contributed by atoms with van der Waals surface area (Å²) < 4.78 is 3.95. The van der Waals surface area contributed by atoms with Crippen LogP contribution in [0.5, 0.6) is 0 Å². The Hall–Kier alpha value is -1.42. The number of aryl methyl sites for hydroxylation is 1. The Morgan fingerprint density at radius 1 is 1.29 bits per heavy atom. The van der Waals surface area contributed by atoms with Crippen molar-refractivity contribution in [2.75, 3.05) is 0 Å². The fourth-order valence-corrected chi connectivity index (χ4v) is 1.64. The fraction of sp³-hybridized carbons (Fsp3) is 0.231. The van der Waals surface area contributed by atoms with Gasteiger partial charge < -0.3 is 17.0 Å². The Balaban J connectivity index is 0.00000144. The van der Waals surface area contributed by atoms with Crippen molar-refractivity contribution < 1.29 is 26.3 Å². The zero-order valence-corrected chi connectivity index (χ0v) is 11.5. The predicted molar refractivity (Wildman–Crippen MR) is 61.1 cm³/mol. The van der Waals surface area contributed by atoms with Gasteiger partial charge in [-0.05, 0) is 0 Å². The van der Waals surface area contributed by atoms with Gasteiger partial charge in [0.2, 0.25) is 5.78 Å². The van der Waals surface area contributed by atoms with E-state index in [4.69, 9.17) is 0 Å². The third-order valence-corrected chi connectivity index (χ3v) is 2.81. The normalized spacial score (nSPS) is 9.76. The van der Waals surface area contributed by atoms with Crippen molar-refractivity contribution in [2.24, 2.45) is 7.05 Å². The molecule has 4 heteroatoms. The van der Waals surface area contributed by atoms with Crippen LogP contribution in [0.3, 0.4) is 0 Å². The maximum atomic E-state index is 11.9. The second-order valence-corrected chi connectivity index (χ2v) is 3.87. The third kappa shape index (κ3) is 3.03. The first-order valence-corrected chi connectivity index (χ1v) is 5.28. The van der Waals surface area contributed by atoms with E-state index in [1.165, 1.54) is 0 Å². The third-order valence-electron chi connectivity index (χ3n) is 2.81. The number of carbonyl (C=O) groups is 1. The molecule has 90 valence electrons. The van der Waals surface area contributed by atoms with E-state index in [0.29, 0.717) is 6.54 Å². The van der Waals surface area contributed by atoms with Gasteiger partial charge in [-0.15, -0.1) is 0 Å². The van der Waals surface area contributed by atoms with Crippen LogP contribution in [-0.4, -0.2) is 10.4 Å². The average Bonchev–Trinajstić information content (AvgIpc) is 2.62. The Bertz CT molecular complexity index is 505. The molecule has 0 fully saturated rings. The van der Waals surface area contributed by atoms with E-state index in [9.17, 15) is 4.79 Å². The first kappa shape index (κ1) is 13.6. The minimum absolute atomic E-state index is 0. The van der Waals surface area contributed by atoms with Crippen LogP contribution in [0, 0.1) is 6.92 Å². The maximum absolute atomic E-state index is 11.9. The fourth-order valence-electron chi connectivity index (χ4n) is 1.64. The minimum atomic E-state index is 0. The molecule has 0 N–H and O–H groups in total. The Kier molecular flexibility index (Phi) is 4.63. The number of imidazole rings is 1. The van der Waals surface area contributed by atoms with E-state index < -0.39 is 0 Å². The Morgan fingerprint density at radius 2 is 1.94 bits per heavy atom. The quantitative estimate of drug-likeness (QED) is 0.500. The molecule has 0 bridgehead atoms. The lowest BCUT2D eigenvalue weighted by molar-refractivity contribution is -0.677. The van der Waals surface area contributed by atoms with Crippen molar-refractivity contribution in [3.63, 3.8) is 0 Å². The number of ketones is 1. The first-order valence-electron chi connectivity index (χ1n) is 5.28. The molecular formula is C13H15BrN2O. The number of benzene rings is 1. The molecule has 0 aliphatic rings. The Labute approximate surface area is 111 Å². The van der Waals surface area contributed by atoms with Crippen molar-refractivity contribution in [3.05, 3.63) is 54.1 Å². The molecule has 1 aromatic heterocycles. The topological polar surface area (TPSA) is 25.9 Å². The molecule has 2 rings (SSSR count). The molecule has 0 unspecified atom stereocenters. The van der Waals surface area contributed by atoms with Gasteiger partial charge in [0.05, 0.1) is 7.05 Å². The summed E-state index contributed by atoms with van der Waals surface area (Å²) in [7, 11) is 1.97. The molecular weight excluding hydrogens is 280 g/mol. The monoisotopic (exact) mass is 294 g/mol. The number of carbonyl (C=O) groups excluding carboxylic acids is 1. The molecule has 1 aromatic carbocycles. The number of aromatic nitrogens is 2. The van der Waals surface area contributed by atoms with Gasteiger partial charge in [-0.25, -0.2) is 9.13 Å². The number of halogens is 1. The van der Waals surface area contributed by atoms with Crippen LogP contribution in [0.1, 0.15) is 16.2 Å². The number of nitrogens with zero attached hydrogens (tertiary/aromatic N) is 2. The van der Waals surface area contributed by atoms with Crippen molar-refractivity contribution in [2.45, 2.75) is 13.5 Å². The van der Waals surface area contributed by atoms with Gasteiger partial charge in [0.25, 0.3) is 5.82 Å². The van der Waals surface area contributed by atoms with Gasteiger partial charge in [-0.1, -0.05) is 30.3 Å². The summed E-state index contributed by atoms with van der Waals surface area (Å²) in [5.41, 5.74) is 0.762. The highest BCUT2D eigenvalue weighted by Crippen LogP contribution is 2.03. The average molecular weight is 295 g/mol. The summed E-state index contributed by atoms with van der Waals surface area (Å²) in [5.74, 6) is 1.21. The molecule has 3 nitrogen and oxygen atoms in total. The lowest BCUT2D eigenvalue weighted by Crippen LogP contribution is -3.00. The molecule has 0 saturated carbocycles. The second kappa shape index (κ2) is 5.77. The molecule has 0 aliphatic carbocycles. The number of rotatable bonds is 3. The highest BCUT2D eigenvalue weighted by molar-refractivity contribution is 5.95. The van der Waals surface area contributed by atoms with Gasteiger partial charge in [-0.2, -0.15) is 0 Å². The number of Topliss-reactive ketones (excluding diaryl/α,β-unsaturated/α-hetero) is 1. The predicted octanol–water partition coefficient (Wildman–Crippen LogP) is -1.49. The maximum Gasteiger partial charge on any atom is 0.253 e. The van der Waals surface area contributed by atoms with E-state index in [2.05, 4.69) is 0 Å². The van der Waals surface area contributed by atoms with Crippen LogP contribution in [0.2, 0.25) is 0 Å². The van der Waals surface area contributed by atoms with Crippen LogP contribution in [-0.2, 0) is 13.6 Å². The van der Waals surface area contributed by atoms with E-state index in [-0.39, 0.29) is 22.8 Å². The second-order valence-electron chi connectivity index (χ2n) is 3.87. The summed E-state index contributed by atoms with van der Waals surface area (Å²) in [6.07, 6.45) is 3.88. The lowest BCUT2D eigenvalue weighted by atomic mass is 10.1. The zero-order valence-electron chi connectivity index (χ0n) is 9.93. The summed E-state index contributed by atoms with van der Waals surface area (Å²) in [6.45, 7) is 2.40. The number of hydrogen-bond acceptors (Lipinski definition) is 1. The van der Waals surface area contributed by atoms with Crippen LogP contribution in [0.15, 0.2) is 42.7 Å². The summed E-state index contributed by atoms with van der Waals surface area (Å²) >= 11 is 0. The van der Waals surface area contributed by atoms with Crippen LogP contribution < -0.4 is 21.5 Å². The molecule has 17 heavy (non-hydrogen) atoms. The van der Waals surface area contributed by atoms with Crippen molar-refractivity contribution >= 4 is 5.78 Å². The molecule has 0 saturated heterocycles. The zero-order chi connectivity index (χ0) is 11.5. The van der Waals surface area contributed by atoms with Crippen molar-refractivity contribution in [3.8, 4) is 0 Å². The lowest BCUT2D eigenvalue weighted by Gasteiger charge is -1.99. The molecule has 0 spiro atoms. The van der Waals surface area contributed by atoms with Crippen molar-refractivity contribution in [1.29, 1.82) is 0 Å². The van der Waals surface area contributed by atoms with E-state index in [0.717, 1.165) is 11.4 Å². The molecule has 0 aliphatic heterocycles. The van der Waals surface area contributed by atoms with Gasteiger partial charge in [0.15, 0.2) is 6.54 Å². The van der Waals surface area contributed by atoms with Crippen LogP contribution >= 0.6 is 0 Å². The van der Waals surface area contributed by atoms with Gasteiger partial charge in [0.1, 0.15) is 12.4 Å². The molecule has 0 amide bonds. The Morgan fingerprint density at radius 3 is 2.47 bits per heavy atom. The SMILES string of the molecule is Cc1n(CC(=O)c2ccccc2)cc[n+]1C.[Br-]. The molecule has 2 aromatic rings. The van der Waals surface area contributed by atoms with Gasteiger partial charge in [-0.3, -0.25) is 4.79 Å². The summed E-state index contributed by atoms with van der Waals surface area (Å²) in [4.78, 5) is 11.9. The smallest absolute Gasteiger partial charge is 0.253 e. The first-order chi connectivity index (χ1) is 7.68. The highest BCUT2D eigenvalue weighted by atomic mass is 79.9. The van der Waals surface area contributed by atoms with Gasteiger partial charge in [0, 0.05) is 12.5 Å². The van der Waals surface area contributed by atoms with E-state index >= 15 is 0 Å². The van der Waals surface area contributed by atoms with Gasteiger partial charge >= 0.3 is 0 Å². The van der Waals surface area contributed by atoms with Crippen LogP contribution in [0.4, 0.5) is 0 Å². The van der Waals surface area contributed by atoms with E-state index in [1.54, 1.807) is 0 Å². The van der Waals surface area contributed by atoms with E-state index in [1.807, 2.05) is 65.8 Å².